The van der Waals surface area contributed by atoms with Gasteiger partial charge in [0.25, 0.3) is 0 Å². The summed E-state index contributed by atoms with van der Waals surface area (Å²) < 4.78 is 3.14. The molecule has 0 atom stereocenters. The normalized spacial score (nSPS) is 11.1. The Hall–Kier alpha value is -2.18. The van der Waals surface area contributed by atoms with Crippen molar-refractivity contribution in [3.05, 3.63) is 23.8 Å². The quantitative estimate of drug-likeness (QED) is 0.851. The van der Waals surface area contributed by atoms with E-state index in [0.717, 1.165) is 0 Å². The molecule has 0 radical (unpaired) electrons. The van der Waals surface area contributed by atoms with Gasteiger partial charge in [-0.1, -0.05) is 19.1 Å². The third-order valence-corrected chi connectivity index (χ3v) is 2.39. The molecule has 0 aliphatic rings. The maximum absolute atomic E-state index is 11.0. The van der Waals surface area contributed by atoms with Crippen molar-refractivity contribution in [2.24, 2.45) is 7.05 Å². The fourth-order valence-electron chi connectivity index (χ4n) is 1.67. The van der Waals surface area contributed by atoms with Crippen molar-refractivity contribution in [2.45, 2.75) is 19.8 Å². The van der Waals surface area contributed by atoms with Crippen LogP contribution >= 0.6 is 0 Å². The van der Waals surface area contributed by atoms with Crippen LogP contribution in [0.25, 0.3) is 5.69 Å². The topological polar surface area (TPSA) is 85.8 Å². The third kappa shape index (κ3) is 1.91. The Kier molecular flexibility index (Phi) is 2.66. The lowest BCUT2D eigenvalue weighted by molar-refractivity contribution is 0.0688. The summed E-state index contributed by atoms with van der Waals surface area (Å²) in [7, 11) is 1.79. The Morgan fingerprint density at radius 3 is 2.65 bits per heavy atom. The summed E-state index contributed by atoms with van der Waals surface area (Å²) in [6.07, 6.45) is 3.37. The van der Waals surface area contributed by atoms with E-state index < -0.39 is 5.97 Å². The number of hydrogen-bond acceptors (Lipinski definition) is 4. The predicted molar refractivity (Wildman–Crippen MR) is 59.2 cm³/mol. The predicted octanol–water partition coefficient (Wildman–Crippen LogP) is 0.822. The molecule has 1 N–H and O–H groups in total. The largest absolute Gasteiger partial charge is 0.476 e. The van der Waals surface area contributed by atoms with Gasteiger partial charge >= 0.3 is 5.97 Å². The molecule has 0 amide bonds. The van der Waals surface area contributed by atoms with Gasteiger partial charge in [-0.15, -0.1) is 5.10 Å². The molecule has 0 saturated carbocycles. The van der Waals surface area contributed by atoms with Crippen LogP contribution in [-0.4, -0.2) is 35.9 Å². The van der Waals surface area contributed by atoms with Crippen LogP contribution in [0.15, 0.2) is 12.4 Å². The zero-order chi connectivity index (χ0) is 12.6. The molecule has 0 saturated heterocycles. The molecule has 2 aromatic heterocycles. The molecule has 0 aliphatic heterocycles. The van der Waals surface area contributed by atoms with E-state index in [1.807, 2.05) is 13.8 Å². The molecule has 2 rings (SSSR count). The van der Waals surface area contributed by atoms with Crippen LogP contribution in [0.3, 0.4) is 0 Å². The summed E-state index contributed by atoms with van der Waals surface area (Å²) in [6.45, 7) is 3.80. The Morgan fingerprint density at radius 2 is 2.18 bits per heavy atom. The monoisotopic (exact) mass is 235 g/mol. The standard InChI is InChI=1S/C10H13N5O2/c1-6(2)9-8(10(16)17)12-13-15(9)7-4-11-14(3)5-7/h4-6H,1-3H3,(H,16,17). The Balaban J connectivity index is 2.59. The number of carbonyl (C=O) groups is 1. The maximum Gasteiger partial charge on any atom is 0.358 e. The van der Waals surface area contributed by atoms with E-state index in [1.165, 1.54) is 4.68 Å². The van der Waals surface area contributed by atoms with E-state index in [4.69, 9.17) is 5.11 Å². The molecule has 0 fully saturated rings. The van der Waals surface area contributed by atoms with Gasteiger partial charge in [0.15, 0.2) is 5.69 Å². The van der Waals surface area contributed by atoms with Crippen molar-refractivity contribution in [3.8, 4) is 5.69 Å². The van der Waals surface area contributed by atoms with Gasteiger partial charge in [0.2, 0.25) is 0 Å². The maximum atomic E-state index is 11.0. The van der Waals surface area contributed by atoms with Crippen LogP contribution in [0.1, 0.15) is 35.9 Å². The molecule has 2 aromatic rings. The minimum Gasteiger partial charge on any atom is -0.476 e. The summed E-state index contributed by atoms with van der Waals surface area (Å²) in [4.78, 5) is 11.0. The van der Waals surface area contributed by atoms with Crippen molar-refractivity contribution in [3.63, 3.8) is 0 Å². The van der Waals surface area contributed by atoms with Crippen LogP contribution in [0.5, 0.6) is 0 Å². The molecule has 0 unspecified atom stereocenters. The molecular formula is C10H13N5O2. The van der Waals surface area contributed by atoms with Crippen molar-refractivity contribution >= 4 is 5.97 Å². The molecule has 0 spiro atoms. The first-order chi connectivity index (χ1) is 8.00. The first-order valence-electron chi connectivity index (χ1n) is 5.18. The van der Waals surface area contributed by atoms with Crippen LogP contribution in [0.4, 0.5) is 0 Å². The number of carboxylic acids is 1. The fourth-order valence-corrected chi connectivity index (χ4v) is 1.67. The second kappa shape index (κ2) is 4.00. The number of aryl methyl sites for hydroxylation is 1. The lowest BCUT2D eigenvalue weighted by Gasteiger charge is -2.07. The van der Waals surface area contributed by atoms with E-state index in [9.17, 15) is 4.79 Å². The molecule has 7 nitrogen and oxygen atoms in total. The molecule has 0 bridgehead atoms. The number of carboxylic acid groups (broad SMARTS) is 1. The third-order valence-electron chi connectivity index (χ3n) is 2.39. The summed E-state index contributed by atoms with van der Waals surface area (Å²) in [6, 6.07) is 0. The molecule has 2 heterocycles. The second-order valence-corrected chi connectivity index (χ2v) is 4.07. The van der Waals surface area contributed by atoms with Crippen LogP contribution < -0.4 is 0 Å². The van der Waals surface area contributed by atoms with Gasteiger partial charge in [-0.25, -0.2) is 9.48 Å². The summed E-state index contributed by atoms with van der Waals surface area (Å²) >= 11 is 0. The van der Waals surface area contributed by atoms with E-state index in [2.05, 4.69) is 15.4 Å². The highest BCUT2D eigenvalue weighted by atomic mass is 16.4. The van der Waals surface area contributed by atoms with Gasteiger partial charge in [0, 0.05) is 7.05 Å². The lowest BCUT2D eigenvalue weighted by Crippen LogP contribution is -2.08. The molecule has 0 aromatic carbocycles. The SMILES string of the molecule is CC(C)c1c(C(=O)O)nnn1-c1cnn(C)c1. The highest BCUT2D eigenvalue weighted by Crippen LogP contribution is 2.20. The van der Waals surface area contributed by atoms with Crippen LogP contribution in [0, 0.1) is 0 Å². The van der Waals surface area contributed by atoms with Crippen molar-refractivity contribution in [2.75, 3.05) is 0 Å². The smallest absolute Gasteiger partial charge is 0.358 e. The summed E-state index contributed by atoms with van der Waals surface area (Å²) in [5.41, 5.74) is 1.27. The average molecular weight is 235 g/mol. The highest BCUT2D eigenvalue weighted by Gasteiger charge is 2.22. The number of aromatic carboxylic acids is 1. The molecule has 7 heteroatoms. The molecule has 90 valence electrons. The Bertz CT molecular complexity index is 555. The van der Waals surface area contributed by atoms with Gasteiger partial charge in [-0.3, -0.25) is 4.68 Å². The van der Waals surface area contributed by atoms with E-state index >= 15 is 0 Å². The number of aromatic nitrogens is 5. The Labute approximate surface area is 97.7 Å². The van der Waals surface area contributed by atoms with E-state index in [1.54, 1.807) is 24.1 Å². The number of rotatable bonds is 3. The average Bonchev–Trinajstić information content (AvgIpc) is 2.82. The number of hydrogen-bond donors (Lipinski definition) is 1. The van der Waals surface area contributed by atoms with Crippen molar-refractivity contribution in [1.82, 2.24) is 24.8 Å². The van der Waals surface area contributed by atoms with Crippen molar-refractivity contribution < 1.29 is 9.90 Å². The van der Waals surface area contributed by atoms with Gasteiger partial charge < -0.3 is 5.11 Å². The van der Waals surface area contributed by atoms with Crippen LogP contribution in [-0.2, 0) is 7.05 Å². The van der Waals surface area contributed by atoms with Crippen LogP contribution in [0.2, 0.25) is 0 Å². The zero-order valence-electron chi connectivity index (χ0n) is 9.82. The van der Waals surface area contributed by atoms with Gasteiger partial charge in [-0.05, 0) is 5.92 Å². The van der Waals surface area contributed by atoms with Gasteiger partial charge in [-0.2, -0.15) is 5.10 Å². The van der Waals surface area contributed by atoms with Gasteiger partial charge in [0.05, 0.1) is 18.1 Å². The first kappa shape index (κ1) is 11.3. The lowest BCUT2D eigenvalue weighted by atomic mass is 10.1. The number of nitrogens with zero attached hydrogens (tertiary/aromatic N) is 5. The summed E-state index contributed by atoms with van der Waals surface area (Å²) in [5.74, 6) is -1.06. The minimum atomic E-state index is -1.07. The molecule has 0 aliphatic carbocycles. The highest BCUT2D eigenvalue weighted by molar-refractivity contribution is 5.86. The fraction of sp³-hybridized carbons (Fsp3) is 0.400. The summed E-state index contributed by atoms with van der Waals surface area (Å²) in [5, 5.41) is 20.6. The van der Waals surface area contributed by atoms with Gasteiger partial charge in [0.1, 0.15) is 5.69 Å². The zero-order valence-corrected chi connectivity index (χ0v) is 9.82. The first-order valence-corrected chi connectivity index (χ1v) is 5.18. The van der Waals surface area contributed by atoms with Crippen molar-refractivity contribution in [1.29, 1.82) is 0 Å². The second-order valence-electron chi connectivity index (χ2n) is 4.07. The molecular weight excluding hydrogens is 222 g/mol. The van der Waals surface area contributed by atoms with E-state index in [-0.39, 0.29) is 11.6 Å². The minimum absolute atomic E-state index is 0.0103. The Morgan fingerprint density at radius 1 is 1.47 bits per heavy atom. The molecule has 17 heavy (non-hydrogen) atoms. The van der Waals surface area contributed by atoms with E-state index in [0.29, 0.717) is 11.4 Å².